The number of nitrogens with one attached hydrogen (secondary N) is 4. The maximum Gasteiger partial charge on any atom is 0.323 e. The molecule has 4 amide bonds. The molecule has 32 heavy (non-hydrogen) atoms. The van der Waals surface area contributed by atoms with E-state index in [4.69, 9.17) is 0 Å². The Kier molecular flexibility index (Phi) is 6.86. The van der Waals surface area contributed by atoms with Crippen LogP contribution < -0.4 is 21.5 Å². The van der Waals surface area contributed by atoms with Gasteiger partial charge in [-0.1, -0.05) is 18.2 Å². The van der Waals surface area contributed by atoms with Crippen molar-refractivity contribution in [3.05, 3.63) is 90.0 Å². The summed E-state index contributed by atoms with van der Waals surface area (Å²) in [7, 11) is -3.37. The molecule has 0 spiro atoms. The standard InChI is InChI=1S/C22H20N4O5S/c1-32(30,31)19-13-9-16(10-14-19)21(28)26-25-20(27)15-7-11-18(12-8-15)24-22(29)23-17-5-3-2-4-6-17/h2-14H,1H3,(H,25,27)(H,26,28)(H2,23,24,29). The minimum absolute atomic E-state index is 0.0873. The van der Waals surface area contributed by atoms with Crippen LogP contribution in [0.4, 0.5) is 16.2 Å². The van der Waals surface area contributed by atoms with Gasteiger partial charge in [-0.25, -0.2) is 13.2 Å². The predicted molar refractivity (Wildman–Crippen MR) is 120 cm³/mol. The van der Waals surface area contributed by atoms with Gasteiger partial charge in [-0.15, -0.1) is 0 Å². The first-order valence-electron chi connectivity index (χ1n) is 9.36. The third-order valence-electron chi connectivity index (χ3n) is 4.27. The Bertz CT molecular complexity index is 1230. The number of amides is 4. The van der Waals surface area contributed by atoms with Gasteiger partial charge in [0.15, 0.2) is 9.84 Å². The highest BCUT2D eigenvalue weighted by molar-refractivity contribution is 7.90. The lowest BCUT2D eigenvalue weighted by Gasteiger charge is -2.10. The molecule has 0 bridgehead atoms. The number of rotatable bonds is 5. The summed E-state index contributed by atoms with van der Waals surface area (Å²) < 4.78 is 22.9. The predicted octanol–water partition coefficient (Wildman–Crippen LogP) is 2.81. The van der Waals surface area contributed by atoms with Crippen LogP contribution in [0.3, 0.4) is 0 Å². The van der Waals surface area contributed by atoms with Crippen molar-refractivity contribution in [1.29, 1.82) is 0 Å². The molecule has 164 valence electrons. The molecule has 0 atom stereocenters. The zero-order valence-electron chi connectivity index (χ0n) is 17.0. The number of sulfone groups is 1. The number of carbonyl (C=O) groups excluding carboxylic acids is 3. The van der Waals surface area contributed by atoms with Crippen LogP contribution in [-0.2, 0) is 9.84 Å². The summed E-state index contributed by atoms with van der Waals surface area (Å²) in [5, 5.41) is 5.33. The molecule has 0 radical (unpaired) electrons. The molecule has 4 N–H and O–H groups in total. The van der Waals surface area contributed by atoms with E-state index in [1.165, 1.54) is 36.4 Å². The highest BCUT2D eigenvalue weighted by atomic mass is 32.2. The van der Waals surface area contributed by atoms with Crippen LogP contribution >= 0.6 is 0 Å². The highest BCUT2D eigenvalue weighted by Crippen LogP contribution is 2.12. The number of para-hydroxylation sites is 1. The van der Waals surface area contributed by atoms with Crippen molar-refractivity contribution in [1.82, 2.24) is 10.9 Å². The van der Waals surface area contributed by atoms with Crippen molar-refractivity contribution >= 4 is 39.1 Å². The van der Waals surface area contributed by atoms with Crippen LogP contribution in [0.2, 0.25) is 0 Å². The van der Waals surface area contributed by atoms with Gasteiger partial charge in [-0.2, -0.15) is 0 Å². The quantitative estimate of drug-likeness (QED) is 0.442. The lowest BCUT2D eigenvalue weighted by molar-refractivity contribution is 0.0846. The fourth-order valence-electron chi connectivity index (χ4n) is 2.63. The largest absolute Gasteiger partial charge is 0.323 e. The molecule has 0 aliphatic heterocycles. The van der Waals surface area contributed by atoms with Crippen molar-refractivity contribution < 1.29 is 22.8 Å². The Hall–Kier alpha value is -4.18. The molecule has 9 nitrogen and oxygen atoms in total. The van der Waals surface area contributed by atoms with Crippen LogP contribution in [0.5, 0.6) is 0 Å². The Labute approximate surface area is 184 Å². The average molecular weight is 452 g/mol. The molecular formula is C22H20N4O5S. The summed E-state index contributed by atoms with van der Waals surface area (Å²) in [6.45, 7) is 0. The smallest absolute Gasteiger partial charge is 0.308 e. The molecule has 0 heterocycles. The maximum absolute atomic E-state index is 12.2. The van der Waals surface area contributed by atoms with E-state index in [2.05, 4.69) is 21.5 Å². The summed E-state index contributed by atoms with van der Waals surface area (Å²) in [5.74, 6) is -1.17. The second-order valence-corrected chi connectivity index (χ2v) is 8.74. The molecule has 0 saturated carbocycles. The van der Waals surface area contributed by atoms with Gasteiger partial charge in [-0.05, 0) is 60.7 Å². The molecule has 0 unspecified atom stereocenters. The van der Waals surface area contributed by atoms with E-state index in [1.54, 1.807) is 36.4 Å². The average Bonchev–Trinajstić information content (AvgIpc) is 2.78. The van der Waals surface area contributed by atoms with Gasteiger partial charge in [0.2, 0.25) is 0 Å². The van der Waals surface area contributed by atoms with Crippen molar-refractivity contribution in [2.45, 2.75) is 4.90 Å². The molecule has 10 heteroatoms. The molecule has 0 aliphatic carbocycles. The fraction of sp³-hybridized carbons (Fsp3) is 0.0455. The van der Waals surface area contributed by atoms with Crippen LogP contribution in [-0.4, -0.2) is 32.5 Å². The molecule has 0 aliphatic rings. The first-order chi connectivity index (χ1) is 15.2. The lowest BCUT2D eigenvalue weighted by atomic mass is 10.2. The van der Waals surface area contributed by atoms with E-state index in [9.17, 15) is 22.8 Å². The van der Waals surface area contributed by atoms with Crippen LogP contribution in [0.15, 0.2) is 83.8 Å². The van der Waals surface area contributed by atoms with E-state index < -0.39 is 27.7 Å². The normalized spacial score (nSPS) is 10.7. The second kappa shape index (κ2) is 9.75. The Morgan fingerprint density at radius 1 is 0.625 bits per heavy atom. The molecule has 0 aromatic heterocycles. The van der Waals surface area contributed by atoms with E-state index in [-0.39, 0.29) is 16.0 Å². The first kappa shape index (κ1) is 22.5. The third-order valence-corrected chi connectivity index (χ3v) is 5.40. The number of carbonyl (C=O) groups is 3. The van der Waals surface area contributed by atoms with Crippen molar-refractivity contribution in [3.8, 4) is 0 Å². The summed E-state index contributed by atoms with van der Waals surface area (Å²) in [6, 6.07) is 19.9. The molecule has 3 aromatic rings. The number of benzene rings is 3. The van der Waals surface area contributed by atoms with E-state index in [0.717, 1.165) is 6.26 Å². The molecular weight excluding hydrogens is 432 g/mol. The van der Waals surface area contributed by atoms with Crippen LogP contribution in [0.1, 0.15) is 20.7 Å². The van der Waals surface area contributed by atoms with Gasteiger partial charge in [-0.3, -0.25) is 20.4 Å². The summed E-state index contributed by atoms with van der Waals surface area (Å²) in [6.07, 6.45) is 1.07. The number of anilines is 2. The number of hydrogen-bond acceptors (Lipinski definition) is 5. The van der Waals surface area contributed by atoms with Gasteiger partial charge >= 0.3 is 6.03 Å². The highest BCUT2D eigenvalue weighted by Gasteiger charge is 2.12. The van der Waals surface area contributed by atoms with Gasteiger partial charge in [0.05, 0.1) is 4.90 Å². The minimum Gasteiger partial charge on any atom is -0.308 e. The van der Waals surface area contributed by atoms with E-state index in [1.807, 2.05) is 6.07 Å². The number of hydrazine groups is 1. The number of urea groups is 1. The summed E-state index contributed by atoms with van der Waals surface area (Å²) in [4.78, 5) is 36.5. The van der Waals surface area contributed by atoms with Crippen molar-refractivity contribution in [2.24, 2.45) is 0 Å². The van der Waals surface area contributed by atoms with Gasteiger partial charge in [0.1, 0.15) is 0 Å². The Morgan fingerprint density at radius 3 is 1.53 bits per heavy atom. The fourth-order valence-corrected chi connectivity index (χ4v) is 3.26. The molecule has 0 saturated heterocycles. The molecule has 3 aromatic carbocycles. The third kappa shape index (κ3) is 6.16. The monoisotopic (exact) mass is 452 g/mol. The second-order valence-electron chi connectivity index (χ2n) is 6.73. The molecule has 3 rings (SSSR count). The van der Waals surface area contributed by atoms with Gasteiger partial charge in [0.25, 0.3) is 11.8 Å². The first-order valence-corrected chi connectivity index (χ1v) is 11.3. The Morgan fingerprint density at radius 2 is 1.06 bits per heavy atom. The SMILES string of the molecule is CS(=O)(=O)c1ccc(C(=O)NNC(=O)c2ccc(NC(=O)Nc3ccccc3)cc2)cc1. The summed E-state index contributed by atoms with van der Waals surface area (Å²) in [5.41, 5.74) is 6.10. The molecule has 0 fully saturated rings. The van der Waals surface area contributed by atoms with Crippen LogP contribution in [0, 0.1) is 0 Å². The van der Waals surface area contributed by atoms with E-state index in [0.29, 0.717) is 11.4 Å². The van der Waals surface area contributed by atoms with Crippen molar-refractivity contribution in [2.75, 3.05) is 16.9 Å². The zero-order valence-corrected chi connectivity index (χ0v) is 17.8. The topological polar surface area (TPSA) is 133 Å². The minimum atomic E-state index is -3.37. The Balaban J connectivity index is 1.52. The van der Waals surface area contributed by atoms with Gasteiger partial charge in [0, 0.05) is 28.8 Å². The zero-order chi connectivity index (χ0) is 23.1. The van der Waals surface area contributed by atoms with Crippen LogP contribution in [0.25, 0.3) is 0 Å². The lowest BCUT2D eigenvalue weighted by Crippen LogP contribution is -2.41. The number of hydrogen-bond donors (Lipinski definition) is 4. The maximum atomic E-state index is 12.2. The van der Waals surface area contributed by atoms with Gasteiger partial charge < -0.3 is 10.6 Å². The van der Waals surface area contributed by atoms with Crippen molar-refractivity contribution in [3.63, 3.8) is 0 Å². The van der Waals surface area contributed by atoms with E-state index >= 15 is 0 Å². The summed E-state index contributed by atoms with van der Waals surface area (Å²) >= 11 is 0.